The van der Waals surface area contributed by atoms with Gasteiger partial charge >= 0.3 is 5.69 Å². The van der Waals surface area contributed by atoms with Crippen molar-refractivity contribution in [1.82, 2.24) is 9.13 Å². The van der Waals surface area contributed by atoms with Crippen LogP contribution in [0.25, 0.3) is 10.2 Å². The molecule has 0 aliphatic heterocycles. The van der Waals surface area contributed by atoms with Gasteiger partial charge in [0.15, 0.2) is 0 Å². The molecule has 1 aromatic carbocycles. The molecule has 2 heterocycles. The molecular formula is C15H13ClN2O2S. The zero-order chi connectivity index (χ0) is 15.0. The van der Waals surface area contributed by atoms with Gasteiger partial charge in [0.25, 0.3) is 5.56 Å². The Morgan fingerprint density at radius 2 is 1.90 bits per heavy atom. The molecule has 0 fully saturated rings. The topological polar surface area (TPSA) is 44.0 Å². The molecule has 0 radical (unpaired) electrons. The van der Waals surface area contributed by atoms with Gasteiger partial charge in [0.2, 0.25) is 0 Å². The summed E-state index contributed by atoms with van der Waals surface area (Å²) in [6, 6.07) is 9.21. The zero-order valence-corrected chi connectivity index (χ0v) is 12.9. The van der Waals surface area contributed by atoms with Gasteiger partial charge in [-0.1, -0.05) is 29.8 Å². The lowest BCUT2D eigenvalue weighted by Crippen LogP contribution is -2.39. The lowest BCUT2D eigenvalue weighted by atomic mass is 10.2. The number of hydrogen-bond donors (Lipinski definition) is 0. The average Bonchev–Trinajstić information content (AvgIpc) is 2.95. The van der Waals surface area contributed by atoms with Gasteiger partial charge in [0, 0.05) is 11.6 Å². The molecular weight excluding hydrogens is 308 g/mol. The second-order valence-electron chi connectivity index (χ2n) is 4.64. The summed E-state index contributed by atoms with van der Waals surface area (Å²) in [5.74, 6) is 0. The Labute approximate surface area is 129 Å². The van der Waals surface area contributed by atoms with Crippen LogP contribution in [0.1, 0.15) is 12.5 Å². The van der Waals surface area contributed by atoms with Crippen molar-refractivity contribution in [3.05, 3.63) is 67.1 Å². The van der Waals surface area contributed by atoms with Crippen molar-refractivity contribution >= 4 is 33.2 Å². The van der Waals surface area contributed by atoms with Gasteiger partial charge < -0.3 is 0 Å². The first kappa shape index (κ1) is 14.1. The van der Waals surface area contributed by atoms with Gasteiger partial charge in [-0.15, -0.1) is 11.3 Å². The van der Waals surface area contributed by atoms with Crippen molar-refractivity contribution in [2.45, 2.75) is 20.0 Å². The van der Waals surface area contributed by atoms with Gasteiger partial charge in [-0.2, -0.15) is 0 Å². The minimum atomic E-state index is -0.298. The van der Waals surface area contributed by atoms with Gasteiger partial charge in [0.1, 0.15) is 4.70 Å². The van der Waals surface area contributed by atoms with Crippen molar-refractivity contribution in [2.75, 3.05) is 0 Å². The maximum absolute atomic E-state index is 12.5. The molecule has 0 amide bonds. The fraction of sp³-hybridized carbons (Fsp3) is 0.200. The van der Waals surface area contributed by atoms with E-state index in [1.54, 1.807) is 23.6 Å². The molecule has 0 atom stereocenters. The molecule has 6 heteroatoms. The Hall–Kier alpha value is -1.85. The van der Waals surface area contributed by atoms with Crippen molar-refractivity contribution in [2.24, 2.45) is 0 Å². The first-order valence-electron chi connectivity index (χ1n) is 6.57. The van der Waals surface area contributed by atoms with Crippen LogP contribution in [-0.2, 0) is 13.1 Å². The lowest BCUT2D eigenvalue weighted by Gasteiger charge is -2.12. The third kappa shape index (κ3) is 2.32. The molecule has 0 aliphatic rings. The minimum absolute atomic E-state index is 0.220. The van der Waals surface area contributed by atoms with Crippen LogP contribution in [-0.4, -0.2) is 9.13 Å². The van der Waals surface area contributed by atoms with E-state index in [9.17, 15) is 9.59 Å². The summed E-state index contributed by atoms with van der Waals surface area (Å²) in [7, 11) is 0. The van der Waals surface area contributed by atoms with Crippen molar-refractivity contribution in [3.63, 3.8) is 0 Å². The number of nitrogens with zero attached hydrogens (tertiary/aromatic N) is 2. The van der Waals surface area contributed by atoms with Gasteiger partial charge in [-0.05, 0) is 30.0 Å². The predicted octanol–water partition coefficient (Wildman–Crippen LogP) is 2.95. The molecule has 21 heavy (non-hydrogen) atoms. The van der Waals surface area contributed by atoms with E-state index in [4.69, 9.17) is 11.6 Å². The standard InChI is InChI=1S/C15H13ClN2O2S/c1-2-17-14(19)13-12(7-8-21-13)18(15(17)20)9-10-5-3-4-6-11(10)16/h3-8H,2,9H2,1H3. The monoisotopic (exact) mass is 320 g/mol. The molecule has 0 saturated carbocycles. The van der Waals surface area contributed by atoms with E-state index >= 15 is 0 Å². The summed E-state index contributed by atoms with van der Waals surface area (Å²) in [5, 5.41) is 2.44. The second kappa shape index (κ2) is 5.50. The van der Waals surface area contributed by atoms with Gasteiger partial charge in [-0.25, -0.2) is 4.79 Å². The van der Waals surface area contributed by atoms with E-state index in [2.05, 4.69) is 0 Å². The van der Waals surface area contributed by atoms with Crippen LogP contribution in [0, 0.1) is 0 Å². The van der Waals surface area contributed by atoms with E-state index in [1.165, 1.54) is 15.9 Å². The molecule has 0 N–H and O–H groups in total. The van der Waals surface area contributed by atoms with E-state index in [0.717, 1.165) is 5.56 Å². The Morgan fingerprint density at radius 1 is 1.14 bits per heavy atom. The Balaban J connectivity index is 2.28. The van der Waals surface area contributed by atoms with Gasteiger partial charge in [-0.3, -0.25) is 13.9 Å². The van der Waals surface area contributed by atoms with Crippen molar-refractivity contribution in [1.29, 1.82) is 0 Å². The van der Waals surface area contributed by atoms with Crippen LogP contribution in [0.15, 0.2) is 45.3 Å². The Kier molecular flexibility index (Phi) is 3.69. The van der Waals surface area contributed by atoms with Crippen molar-refractivity contribution in [3.8, 4) is 0 Å². The Bertz CT molecular complexity index is 923. The van der Waals surface area contributed by atoms with E-state index < -0.39 is 0 Å². The highest BCUT2D eigenvalue weighted by Gasteiger charge is 2.14. The number of hydrogen-bond acceptors (Lipinski definition) is 3. The zero-order valence-electron chi connectivity index (χ0n) is 11.4. The molecule has 3 aromatic rings. The van der Waals surface area contributed by atoms with Crippen LogP contribution in [0.2, 0.25) is 5.02 Å². The predicted molar refractivity (Wildman–Crippen MR) is 86.6 cm³/mol. The van der Waals surface area contributed by atoms with Crippen LogP contribution in [0.4, 0.5) is 0 Å². The molecule has 2 aromatic heterocycles. The largest absolute Gasteiger partial charge is 0.331 e. The molecule has 0 saturated heterocycles. The van der Waals surface area contributed by atoms with Gasteiger partial charge in [0.05, 0.1) is 12.1 Å². The van der Waals surface area contributed by atoms with Crippen LogP contribution >= 0.6 is 22.9 Å². The number of aromatic nitrogens is 2. The second-order valence-corrected chi connectivity index (χ2v) is 5.97. The third-order valence-corrected chi connectivity index (χ3v) is 4.70. The van der Waals surface area contributed by atoms with E-state index in [0.29, 0.717) is 28.3 Å². The minimum Gasteiger partial charge on any atom is -0.288 e. The molecule has 108 valence electrons. The fourth-order valence-electron chi connectivity index (χ4n) is 2.36. The Morgan fingerprint density at radius 3 is 2.62 bits per heavy atom. The molecule has 0 unspecified atom stereocenters. The molecule has 0 spiro atoms. The molecule has 3 rings (SSSR count). The third-order valence-electron chi connectivity index (χ3n) is 3.44. The number of halogens is 1. The normalized spacial score (nSPS) is 11.1. The van der Waals surface area contributed by atoms with E-state index in [-0.39, 0.29) is 11.2 Å². The first-order chi connectivity index (χ1) is 10.1. The maximum atomic E-state index is 12.5. The first-order valence-corrected chi connectivity index (χ1v) is 7.83. The summed E-state index contributed by atoms with van der Waals surface area (Å²) in [5.41, 5.74) is 1.01. The highest BCUT2D eigenvalue weighted by molar-refractivity contribution is 7.17. The molecule has 4 nitrogen and oxygen atoms in total. The number of rotatable bonds is 3. The summed E-state index contributed by atoms with van der Waals surface area (Å²) in [4.78, 5) is 24.8. The molecule has 0 bridgehead atoms. The van der Waals surface area contributed by atoms with Crippen LogP contribution in [0.3, 0.4) is 0 Å². The number of thiophene rings is 1. The molecule has 0 aliphatic carbocycles. The SMILES string of the molecule is CCn1c(=O)c2sccc2n(Cc2ccccc2Cl)c1=O. The smallest absolute Gasteiger partial charge is 0.288 e. The fourth-order valence-corrected chi connectivity index (χ4v) is 3.40. The van der Waals surface area contributed by atoms with E-state index in [1.807, 2.05) is 23.6 Å². The highest BCUT2D eigenvalue weighted by Crippen LogP contribution is 2.19. The maximum Gasteiger partial charge on any atom is 0.331 e. The van der Waals surface area contributed by atoms with Crippen LogP contribution in [0.5, 0.6) is 0 Å². The summed E-state index contributed by atoms with van der Waals surface area (Å²) in [6.07, 6.45) is 0. The summed E-state index contributed by atoms with van der Waals surface area (Å²) >= 11 is 7.53. The van der Waals surface area contributed by atoms with Crippen LogP contribution < -0.4 is 11.2 Å². The number of benzene rings is 1. The average molecular weight is 321 g/mol. The highest BCUT2D eigenvalue weighted by atomic mass is 35.5. The summed E-state index contributed by atoms with van der Waals surface area (Å²) in [6.45, 7) is 2.50. The summed E-state index contributed by atoms with van der Waals surface area (Å²) < 4.78 is 3.47. The lowest BCUT2D eigenvalue weighted by molar-refractivity contribution is 0.620. The van der Waals surface area contributed by atoms with Crippen molar-refractivity contribution < 1.29 is 0 Å². The number of fused-ring (bicyclic) bond motifs is 1. The quantitative estimate of drug-likeness (QED) is 0.744.